The molecule has 4 heteroatoms. The number of nitrogen functional groups attached to an aromatic ring is 1. The van der Waals surface area contributed by atoms with Gasteiger partial charge in [0, 0.05) is 12.1 Å². The van der Waals surface area contributed by atoms with E-state index in [9.17, 15) is 4.39 Å². The molecule has 0 spiro atoms. The highest BCUT2D eigenvalue weighted by Crippen LogP contribution is 2.34. The van der Waals surface area contributed by atoms with Gasteiger partial charge >= 0.3 is 0 Å². The van der Waals surface area contributed by atoms with E-state index in [0.29, 0.717) is 17.4 Å². The molecule has 0 radical (unpaired) electrons. The monoisotopic (exact) mass is 293 g/mol. The van der Waals surface area contributed by atoms with Crippen molar-refractivity contribution in [2.24, 2.45) is 0 Å². The fourth-order valence-corrected chi connectivity index (χ4v) is 1.99. The summed E-state index contributed by atoms with van der Waals surface area (Å²) in [6.07, 6.45) is 0. The molecule has 0 saturated carbocycles. The van der Waals surface area contributed by atoms with Gasteiger partial charge in [-0.05, 0) is 30.0 Å². The van der Waals surface area contributed by atoms with Crippen molar-refractivity contribution in [1.29, 1.82) is 0 Å². The first-order valence-corrected chi connectivity index (χ1v) is 6.79. The molecule has 2 aromatic rings. The second-order valence-electron chi connectivity index (χ2n) is 5.09. The first kappa shape index (κ1) is 14.7. The Bertz CT molecular complexity index is 641. The third-order valence-electron chi connectivity index (χ3n) is 3.15. The van der Waals surface area contributed by atoms with Crippen molar-refractivity contribution in [3.63, 3.8) is 0 Å². The third-order valence-corrected chi connectivity index (χ3v) is 3.44. The highest BCUT2D eigenvalue weighted by Gasteiger charge is 2.11. The van der Waals surface area contributed by atoms with E-state index in [1.54, 1.807) is 0 Å². The van der Waals surface area contributed by atoms with E-state index in [2.05, 4.69) is 19.9 Å². The number of anilines is 1. The minimum atomic E-state index is -0.552. The van der Waals surface area contributed by atoms with Crippen molar-refractivity contribution >= 4 is 17.3 Å². The molecule has 0 amide bonds. The van der Waals surface area contributed by atoms with E-state index in [0.717, 1.165) is 11.1 Å². The number of aryl methyl sites for hydroxylation is 1. The first-order valence-electron chi connectivity index (χ1n) is 6.41. The van der Waals surface area contributed by atoms with Crippen molar-refractivity contribution in [2.75, 3.05) is 5.73 Å². The molecule has 0 aliphatic rings. The van der Waals surface area contributed by atoms with Gasteiger partial charge in [0.05, 0.1) is 10.7 Å². The van der Waals surface area contributed by atoms with Crippen LogP contribution in [0.3, 0.4) is 0 Å². The summed E-state index contributed by atoms with van der Waals surface area (Å²) in [5.74, 6) is 0.905. The van der Waals surface area contributed by atoms with Gasteiger partial charge in [0.25, 0.3) is 0 Å². The molecule has 0 aliphatic heterocycles. The zero-order valence-electron chi connectivity index (χ0n) is 11.7. The van der Waals surface area contributed by atoms with Crippen LogP contribution in [0, 0.1) is 12.7 Å². The molecule has 0 aromatic heterocycles. The van der Waals surface area contributed by atoms with Crippen LogP contribution < -0.4 is 10.5 Å². The number of nitrogens with two attached hydrogens (primary N) is 1. The summed E-state index contributed by atoms with van der Waals surface area (Å²) >= 11 is 5.76. The SMILES string of the molecule is Cc1ccc(C(C)C)cc1Oc1cc(Cl)c(F)cc1N. The Morgan fingerprint density at radius 2 is 1.85 bits per heavy atom. The fraction of sp³-hybridized carbons (Fsp3) is 0.250. The van der Waals surface area contributed by atoms with Crippen LogP contribution in [0.1, 0.15) is 30.9 Å². The lowest BCUT2D eigenvalue weighted by molar-refractivity contribution is 0.478. The van der Waals surface area contributed by atoms with Gasteiger partial charge in [0.2, 0.25) is 0 Å². The molecule has 2 N–H and O–H groups in total. The molecule has 0 fully saturated rings. The van der Waals surface area contributed by atoms with Crippen molar-refractivity contribution in [1.82, 2.24) is 0 Å². The van der Waals surface area contributed by atoms with Gasteiger partial charge in [-0.2, -0.15) is 0 Å². The van der Waals surface area contributed by atoms with Crippen LogP contribution in [0.4, 0.5) is 10.1 Å². The van der Waals surface area contributed by atoms with Crippen LogP contribution >= 0.6 is 11.6 Å². The molecule has 0 bridgehead atoms. The van der Waals surface area contributed by atoms with Crippen LogP contribution in [-0.4, -0.2) is 0 Å². The van der Waals surface area contributed by atoms with E-state index >= 15 is 0 Å². The van der Waals surface area contributed by atoms with Gasteiger partial charge in [0.1, 0.15) is 11.6 Å². The van der Waals surface area contributed by atoms with Crippen LogP contribution in [-0.2, 0) is 0 Å². The van der Waals surface area contributed by atoms with Gasteiger partial charge in [-0.3, -0.25) is 0 Å². The number of hydrogen-bond acceptors (Lipinski definition) is 2. The fourth-order valence-electron chi connectivity index (χ4n) is 1.84. The summed E-state index contributed by atoms with van der Waals surface area (Å²) in [6, 6.07) is 8.59. The molecule has 2 rings (SSSR count). The Morgan fingerprint density at radius 3 is 2.50 bits per heavy atom. The minimum Gasteiger partial charge on any atom is -0.455 e. The summed E-state index contributed by atoms with van der Waals surface area (Å²) < 4.78 is 19.1. The van der Waals surface area contributed by atoms with Crippen LogP contribution in [0.25, 0.3) is 0 Å². The number of rotatable bonds is 3. The van der Waals surface area contributed by atoms with E-state index in [1.807, 2.05) is 19.1 Å². The van der Waals surface area contributed by atoms with Crippen molar-refractivity contribution < 1.29 is 9.13 Å². The number of halogens is 2. The van der Waals surface area contributed by atoms with Gasteiger partial charge in [0.15, 0.2) is 5.75 Å². The van der Waals surface area contributed by atoms with E-state index in [-0.39, 0.29) is 10.7 Å². The molecular weight excluding hydrogens is 277 g/mol. The summed E-state index contributed by atoms with van der Waals surface area (Å²) in [7, 11) is 0. The molecular formula is C16H17ClFNO. The minimum absolute atomic E-state index is 0.00753. The highest BCUT2D eigenvalue weighted by molar-refractivity contribution is 6.31. The molecule has 20 heavy (non-hydrogen) atoms. The van der Waals surface area contributed by atoms with Gasteiger partial charge < -0.3 is 10.5 Å². The maximum absolute atomic E-state index is 13.3. The predicted molar refractivity (Wildman–Crippen MR) is 81.2 cm³/mol. The zero-order valence-corrected chi connectivity index (χ0v) is 12.5. The van der Waals surface area contributed by atoms with Crippen molar-refractivity contribution in [2.45, 2.75) is 26.7 Å². The molecule has 0 saturated heterocycles. The Labute approximate surface area is 123 Å². The van der Waals surface area contributed by atoms with Crippen molar-refractivity contribution in [3.8, 4) is 11.5 Å². The second kappa shape index (κ2) is 5.71. The van der Waals surface area contributed by atoms with Gasteiger partial charge in [-0.15, -0.1) is 0 Å². The molecule has 2 nitrogen and oxygen atoms in total. The molecule has 0 heterocycles. The van der Waals surface area contributed by atoms with Crippen LogP contribution in [0.2, 0.25) is 5.02 Å². The average Bonchev–Trinajstić information content (AvgIpc) is 2.38. The van der Waals surface area contributed by atoms with E-state index in [1.165, 1.54) is 12.1 Å². The lowest BCUT2D eigenvalue weighted by Crippen LogP contribution is -1.96. The molecule has 0 atom stereocenters. The lowest BCUT2D eigenvalue weighted by atomic mass is 10.0. The topological polar surface area (TPSA) is 35.2 Å². The number of ether oxygens (including phenoxy) is 1. The highest BCUT2D eigenvalue weighted by atomic mass is 35.5. The smallest absolute Gasteiger partial charge is 0.152 e. The van der Waals surface area contributed by atoms with Crippen LogP contribution in [0.15, 0.2) is 30.3 Å². The van der Waals surface area contributed by atoms with E-state index < -0.39 is 5.82 Å². The summed E-state index contributed by atoms with van der Waals surface area (Å²) in [6.45, 7) is 6.16. The maximum Gasteiger partial charge on any atom is 0.152 e. The lowest BCUT2D eigenvalue weighted by Gasteiger charge is -2.14. The number of benzene rings is 2. The van der Waals surface area contributed by atoms with Crippen LogP contribution in [0.5, 0.6) is 11.5 Å². The molecule has 2 aromatic carbocycles. The quantitative estimate of drug-likeness (QED) is 0.781. The molecule has 0 aliphatic carbocycles. The Morgan fingerprint density at radius 1 is 1.15 bits per heavy atom. The standard InChI is InChI=1S/C16H17ClFNO/c1-9(2)11-5-4-10(3)15(6-11)20-16-7-12(17)13(18)8-14(16)19/h4-9H,19H2,1-3H3. The van der Waals surface area contributed by atoms with Crippen molar-refractivity contribution in [3.05, 3.63) is 52.3 Å². The summed E-state index contributed by atoms with van der Waals surface area (Å²) in [4.78, 5) is 0. The maximum atomic E-state index is 13.3. The Balaban J connectivity index is 2.39. The molecule has 0 unspecified atom stereocenters. The number of hydrogen-bond donors (Lipinski definition) is 1. The normalized spacial score (nSPS) is 10.9. The first-order chi connectivity index (χ1) is 9.38. The average molecular weight is 294 g/mol. The zero-order chi connectivity index (χ0) is 14.9. The van der Waals surface area contributed by atoms with E-state index in [4.69, 9.17) is 22.1 Å². The summed E-state index contributed by atoms with van der Waals surface area (Å²) in [5, 5.41) is -0.00753. The second-order valence-corrected chi connectivity index (χ2v) is 5.49. The largest absolute Gasteiger partial charge is 0.455 e. The van der Waals surface area contributed by atoms with Gasteiger partial charge in [-0.1, -0.05) is 37.6 Å². The summed E-state index contributed by atoms with van der Waals surface area (Å²) in [5.41, 5.74) is 8.13. The third kappa shape index (κ3) is 3.05. The van der Waals surface area contributed by atoms with Gasteiger partial charge in [-0.25, -0.2) is 4.39 Å². The Kier molecular flexibility index (Phi) is 4.19. The Hall–Kier alpha value is -1.74. The predicted octanol–water partition coefficient (Wildman–Crippen LogP) is 5.29. The molecule has 106 valence electrons.